The van der Waals surface area contributed by atoms with Crippen LogP contribution in [0.4, 0.5) is 0 Å². The predicted molar refractivity (Wildman–Crippen MR) is 71.1 cm³/mol. The number of hydrogen-bond acceptors (Lipinski definition) is 1. The van der Waals surface area contributed by atoms with Crippen molar-refractivity contribution in [1.29, 1.82) is 0 Å². The Morgan fingerprint density at radius 3 is 2.59 bits per heavy atom. The molecule has 0 N–H and O–H groups in total. The van der Waals surface area contributed by atoms with Gasteiger partial charge in [-0.2, -0.15) is 0 Å². The lowest BCUT2D eigenvalue weighted by molar-refractivity contribution is -0.126. The molecule has 0 spiro atoms. The maximum atomic E-state index is 12.0. The second-order valence-electron chi connectivity index (χ2n) is 5.68. The molecule has 0 aliphatic rings. The van der Waals surface area contributed by atoms with Gasteiger partial charge in [0.25, 0.3) is 0 Å². The molecule has 2 rings (SSSR count). The topological polar surface area (TPSA) is 22.0 Å². The highest BCUT2D eigenvalue weighted by Gasteiger charge is 2.21. The average molecular weight is 229 g/mol. The number of ketones is 1. The molecule has 1 aromatic heterocycles. The van der Waals surface area contributed by atoms with E-state index in [9.17, 15) is 4.79 Å². The second-order valence-corrected chi connectivity index (χ2v) is 5.68. The summed E-state index contributed by atoms with van der Waals surface area (Å²) in [6, 6.07) is 8.39. The first-order chi connectivity index (χ1) is 7.88. The number of Topliss-reactive ketones (excluding diaryl/α,β-unsaturated/α-hetero) is 1. The fourth-order valence-electron chi connectivity index (χ4n) is 1.82. The maximum Gasteiger partial charge on any atom is 0.157 e. The van der Waals surface area contributed by atoms with Gasteiger partial charge in [-0.1, -0.05) is 32.9 Å². The van der Waals surface area contributed by atoms with Crippen LogP contribution in [0.2, 0.25) is 0 Å². The van der Waals surface area contributed by atoms with Gasteiger partial charge in [-0.15, -0.1) is 0 Å². The molecule has 0 unspecified atom stereocenters. The fraction of sp³-hybridized carbons (Fsp3) is 0.400. The van der Waals surface area contributed by atoms with Gasteiger partial charge in [0.1, 0.15) is 0 Å². The molecule has 0 atom stereocenters. The van der Waals surface area contributed by atoms with E-state index in [1.165, 1.54) is 10.9 Å². The van der Waals surface area contributed by atoms with E-state index in [0.717, 1.165) is 5.52 Å². The van der Waals surface area contributed by atoms with Crippen LogP contribution in [0.3, 0.4) is 0 Å². The summed E-state index contributed by atoms with van der Waals surface area (Å²) in [6.07, 6.45) is 1.99. The molecular weight excluding hydrogens is 210 g/mol. The number of aryl methyl sites for hydroxylation is 1. The van der Waals surface area contributed by atoms with Gasteiger partial charge in [0.15, 0.2) is 5.78 Å². The highest BCUT2D eigenvalue weighted by atomic mass is 16.1. The van der Waals surface area contributed by atoms with Gasteiger partial charge >= 0.3 is 0 Å². The van der Waals surface area contributed by atoms with Crippen LogP contribution in [0.15, 0.2) is 30.5 Å². The van der Waals surface area contributed by atoms with Crippen LogP contribution < -0.4 is 0 Å². The van der Waals surface area contributed by atoms with E-state index in [2.05, 4.69) is 31.2 Å². The van der Waals surface area contributed by atoms with Gasteiger partial charge in [0.05, 0.1) is 6.54 Å². The van der Waals surface area contributed by atoms with Gasteiger partial charge in [-0.25, -0.2) is 0 Å². The van der Waals surface area contributed by atoms with Crippen LogP contribution in [0.1, 0.15) is 26.3 Å². The molecule has 90 valence electrons. The summed E-state index contributed by atoms with van der Waals surface area (Å²) in [5, 5.41) is 1.19. The van der Waals surface area contributed by atoms with Crippen molar-refractivity contribution in [3.63, 3.8) is 0 Å². The van der Waals surface area contributed by atoms with E-state index in [1.807, 2.05) is 31.5 Å². The standard InChI is InChI=1S/C15H19NO/c1-11-5-6-12-7-8-16(13(12)9-11)10-14(17)15(2,3)4/h5-9H,10H2,1-4H3. The van der Waals surface area contributed by atoms with Crippen LogP contribution >= 0.6 is 0 Å². The molecule has 0 saturated heterocycles. The van der Waals surface area contributed by atoms with Crippen molar-refractivity contribution in [2.24, 2.45) is 5.41 Å². The highest BCUT2D eigenvalue weighted by Crippen LogP contribution is 2.20. The summed E-state index contributed by atoms with van der Waals surface area (Å²) < 4.78 is 2.04. The molecule has 1 heterocycles. The Kier molecular flexibility index (Phi) is 2.82. The molecule has 2 aromatic rings. The van der Waals surface area contributed by atoms with Crippen LogP contribution in [0.25, 0.3) is 10.9 Å². The third kappa shape index (κ3) is 2.41. The largest absolute Gasteiger partial charge is 0.340 e. The molecule has 0 aliphatic heterocycles. The number of fused-ring (bicyclic) bond motifs is 1. The van der Waals surface area contributed by atoms with Crippen molar-refractivity contribution >= 4 is 16.7 Å². The lowest BCUT2D eigenvalue weighted by Crippen LogP contribution is -2.24. The van der Waals surface area contributed by atoms with Crippen molar-refractivity contribution in [2.45, 2.75) is 34.2 Å². The van der Waals surface area contributed by atoms with Crippen LogP contribution in [-0.2, 0) is 11.3 Å². The molecule has 1 aromatic carbocycles. The number of hydrogen-bond donors (Lipinski definition) is 0. The first kappa shape index (κ1) is 11.9. The fourth-order valence-corrected chi connectivity index (χ4v) is 1.82. The molecular formula is C15H19NO. The van der Waals surface area contributed by atoms with Crippen molar-refractivity contribution in [2.75, 3.05) is 0 Å². The molecule has 0 aliphatic carbocycles. The zero-order valence-electron chi connectivity index (χ0n) is 10.9. The minimum Gasteiger partial charge on any atom is -0.340 e. The minimum absolute atomic E-state index is 0.261. The lowest BCUT2D eigenvalue weighted by atomic mass is 9.91. The van der Waals surface area contributed by atoms with E-state index in [1.54, 1.807) is 0 Å². The maximum absolute atomic E-state index is 12.0. The zero-order valence-corrected chi connectivity index (χ0v) is 10.9. The molecule has 0 saturated carbocycles. The number of carbonyl (C=O) groups is 1. The first-order valence-electron chi connectivity index (χ1n) is 5.97. The highest BCUT2D eigenvalue weighted by molar-refractivity contribution is 5.87. The van der Waals surface area contributed by atoms with Gasteiger partial charge in [0.2, 0.25) is 0 Å². The van der Waals surface area contributed by atoms with E-state index < -0.39 is 0 Å². The first-order valence-corrected chi connectivity index (χ1v) is 5.97. The molecule has 2 heteroatoms. The van der Waals surface area contributed by atoms with Gasteiger partial charge in [-0.3, -0.25) is 4.79 Å². The van der Waals surface area contributed by atoms with Gasteiger partial charge in [0, 0.05) is 17.1 Å². The molecule has 0 radical (unpaired) electrons. The Morgan fingerprint density at radius 2 is 1.94 bits per heavy atom. The summed E-state index contributed by atoms with van der Waals surface area (Å²) in [5.74, 6) is 0.261. The number of rotatable bonds is 2. The normalized spacial score (nSPS) is 12.0. The molecule has 2 nitrogen and oxygen atoms in total. The predicted octanol–water partition coefficient (Wildman–Crippen LogP) is 3.56. The summed E-state index contributed by atoms with van der Waals surface area (Å²) in [5.41, 5.74) is 2.09. The third-order valence-corrected chi connectivity index (χ3v) is 3.08. The summed E-state index contributed by atoms with van der Waals surface area (Å²) >= 11 is 0. The van der Waals surface area contributed by atoms with E-state index >= 15 is 0 Å². The molecule has 0 amide bonds. The van der Waals surface area contributed by atoms with E-state index in [4.69, 9.17) is 0 Å². The average Bonchev–Trinajstić information content (AvgIpc) is 2.60. The van der Waals surface area contributed by atoms with Crippen LogP contribution in [-0.4, -0.2) is 10.4 Å². The smallest absolute Gasteiger partial charge is 0.157 e. The Labute approximate surface area is 102 Å². The Morgan fingerprint density at radius 1 is 1.24 bits per heavy atom. The number of benzene rings is 1. The summed E-state index contributed by atoms with van der Waals surface area (Å²) in [7, 11) is 0. The number of carbonyl (C=O) groups excluding carboxylic acids is 1. The van der Waals surface area contributed by atoms with Gasteiger partial charge in [-0.05, 0) is 30.0 Å². The monoisotopic (exact) mass is 229 g/mol. The third-order valence-electron chi connectivity index (χ3n) is 3.08. The van der Waals surface area contributed by atoms with Crippen molar-refractivity contribution in [1.82, 2.24) is 4.57 Å². The van der Waals surface area contributed by atoms with Crippen LogP contribution in [0.5, 0.6) is 0 Å². The van der Waals surface area contributed by atoms with Crippen molar-refractivity contribution in [3.05, 3.63) is 36.0 Å². The Balaban J connectivity index is 2.37. The molecule has 0 bridgehead atoms. The minimum atomic E-state index is -0.277. The zero-order chi connectivity index (χ0) is 12.6. The Hall–Kier alpha value is -1.57. The Bertz CT molecular complexity index is 558. The summed E-state index contributed by atoms with van der Waals surface area (Å²) in [6.45, 7) is 8.42. The molecule has 0 fully saturated rings. The lowest BCUT2D eigenvalue weighted by Gasteiger charge is -2.17. The second kappa shape index (κ2) is 4.02. The SMILES string of the molecule is Cc1ccc2ccn(CC(=O)C(C)(C)C)c2c1. The summed E-state index contributed by atoms with van der Waals surface area (Å²) in [4.78, 5) is 12.0. The van der Waals surface area contributed by atoms with Crippen molar-refractivity contribution < 1.29 is 4.79 Å². The molecule has 17 heavy (non-hydrogen) atoms. The van der Waals surface area contributed by atoms with Crippen LogP contribution in [0, 0.1) is 12.3 Å². The number of nitrogens with zero attached hydrogens (tertiary/aromatic N) is 1. The van der Waals surface area contributed by atoms with Crippen molar-refractivity contribution in [3.8, 4) is 0 Å². The van der Waals surface area contributed by atoms with E-state index in [-0.39, 0.29) is 11.2 Å². The van der Waals surface area contributed by atoms with Gasteiger partial charge < -0.3 is 4.57 Å². The number of aromatic nitrogens is 1. The van der Waals surface area contributed by atoms with E-state index in [0.29, 0.717) is 6.54 Å². The quantitative estimate of drug-likeness (QED) is 0.771.